The summed E-state index contributed by atoms with van der Waals surface area (Å²) in [6.45, 7) is 7.24. The van der Waals surface area contributed by atoms with Crippen molar-refractivity contribution in [3.8, 4) is 17.2 Å². The van der Waals surface area contributed by atoms with Crippen molar-refractivity contribution in [2.24, 2.45) is 11.3 Å². The summed E-state index contributed by atoms with van der Waals surface area (Å²) < 4.78 is 12.3. The van der Waals surface area contributed by atoms with Gasteiger partial charge in [-0.25, -0.2) is 0 Å². The lowest BCUT2D eigenvalue weighted by Crippen LogP contribution is -2.42. The van der Waals surface area contributed by atoms with Crippen LogP contribution in [-0.4, -0.2) is 48.0 Å². The average Bonchev–Trinajstić information content (AvgIpc) is 2.90. The molecule has 36 heavy (non-hydrogen) atoms. The van der Waals surface area contributed by atoms with Crippen molar-refractivity contribution in [2.45, 2.75) is 51.4 Å². The minimum atomic E-state index is -0.214. The van der Waals surface area contributed by atoms with Gasteiger partial charge in [-0.15, -0.1) is 0 Å². The molecule has 2 aromatic carbocycles. The molecule has 2 heterocycles. The maximum absolute atomic E-state index is 10.0. The summed E-state index contributed by atoms with van der Waals surface area (Å²) in [5.74, 6) is 2.49. The van der Waals surface area contributed by atoms with Gasteiger partial charge in [-0.1, -0.05) is 37.6 Å². The lowest BCUT2D eigenvalue weighted by molar-refractivity contribution is 0.0747. The number of ether oxygens (including phenoxy) is 2. The Labute approximate surface area is 215 Å². The van der Waals surface area contributed by atoms with Gasteiger partial charge >= 0.3 is 0 Å². The fourth-order valence-corrected chi connectivity index (χ4v) is 6.10. The molecule has 1 unspecified atom stereocenters. The molecule has 0 radical (unpaired) electrons. The molecule has 5 nitrogen and oxygen atoms in total. The predicted octanol–water partition coefficient (Wildman–Crippen LogP) is 6.59. The molecule has 2 N–H and O–H groups in total. The fourth-order valence-electron chi connectivity index (χ4n) is 6.10. The van der Waals surface area contributed by atoms with Gasteiger partial charge in [0.15, 0.2) is 0 Å². The van der Waals surface area contributed by atoms with Crippen LogP contribution in [0.3, 0.4) is 0 Å². The Kier molecular flexibility index (Phi) is 7.56. The second kappa shape index (κ2) is 11.0. The highest BCUT2D eigenvalue weighted by Crippen LogP contribution is 2.54. The van der Waals surface area contributed by atoms with E-state index < -0.39 is 0 Å². The molecule has 0 saturated carbocycles. The number of allylic oxidation sites excluding steroid dienone is 3. The van der Waals surface area contributed by atoms with Gasteiger partial charge in [-0.05, 0) is 93.6 Å². The van der Waals surface area contributed by atoms with E-state index in [1.54, 1.807) is 18.2 Å². The van der Waals surface area contributed by atoms with Crippen LogP contribution in [0.1, 0.15) is 62.5 Å². The number of fused-ring (bicyclic) bond motifs is 1. The molecular formula is C31H39NO4. The smallest absolute Gasteiger partial charge is 0.126 e. The zero-order chi connectivity index (χ0) is 25.0. The maximum atomic E-state index is 10.0. The Morgan fingerprint density at radius 3 is 2.58 bits per heavy atom. The van der Waals surface area contributed by atoms with Crippen LogP contribution in [0, 0.1) is 11.3 Å². The fraction of sp³-hybridized carbons (Fsp3) is 0.484. The van der Waals surface area contributed by atoms with Gasteiger partial charge in [-0.3, -0.25) is 0 Å². The third-order valence-electron chi connectivity index (χ3n) is 8.23. The molecule has 0 spiro atoms. The Bertz CT molecular complexity index is 1090. The van der Waals surface area contributed by atoms with Crippen molar-refractivity contribution < 1.29 is 19.7 Å². The summed E-state index contributed by atoms with van der Waals surface area (Å²) >= 11 is 0. The number of hydrogen-bond donors (Lipinski definition) is 2. The first-order chi connectivity index (χ1) is 17.5. The number of rotatable bonds is 8. The van der Waals surface area contributed by atoms with Gasteiger partial charge in [-0.2, -0.15) is 0 Å². The molecule has 5 heteroatoms. The van der Waals surface area contributed by atoms with Crippen molar-refractivity contribution in [3.63, 3.8) is 0 Å². The van der Waals surface area contributed by atoms with Gasteiger partial charge in [0.25, 0.3) is 0 Å². The van der Waals surface area contributed by atoms with Gasteiger partial charge in [0.05, 0.1) is 13.2 Å². The molecule has 1 saturated heterocycles. The molecule has 2 aromatic rings. The van der Waals surface area contributed by atoms with E-state index in [0.29, 0.717) is 12.4 Å². The van der Waals surface area contributed by atoms with Crippen molar-refractivity contribution in [2.75, 3.05) is 32.8 Å². The number of likely N-dealkylation sites (tertiary alicyclic amines) is 1. The summed E-state index contributed by atoms with van der Waals surface area (Å²) in [6, 6.07) is 14.0. The van der Waals surface area contributed by atoms with E-state index >= 15 is 0 Å². The summed E-state index contributed by atoms with van der Waals surface area (Å²) in [5, 5.41) is 19.9. The van der Waals surface area contributed by atoms with Crippen LogP contribution in [0.15, 0.2) is 66.5 Å². The zero-order valence-corrected chi connectivity index (χ0v) is 21.4. The zero-order valence-electron chi connectivity index (χ0n) is 21.4. The highest BCUT2D eigenvalue weighted by Gasteiger charge is 2.46. The van der Waals surface area contributed by atoms with Crippen LogP contribution in [0.2, 0.25) is 0 Å². The lowest BCUT2D eigenvalue weighted by atomic mass is 9.61. The topological polar surface area (TPSA) is 62.2 Å². The normalized spacial score (nSPS) is 26.1. The summed E-state index contributed by atoms with van der Waals surface area (Å²) in [6.07, 6.45) is 12.9. The third-order valence-corrected chi connectivity index (χ3v) is 8.23. The molecule has 2 aliphatic heterocycles. The number of piperidine rings is 1. The van der Waals surface area contributed by atoms with Crippen molar-refractivity contribution >= 4 is 0 Å². The molecule has 0 aromatic heterocycles. The van der Waals surface area contributed by atoms with Crippen molar-refractivity contribution in [3.05, 3.63) is 77.6 Å². The largest absolute Gasteiger partial charge is 0.508 e. The van der Waals surface area contributed by atoms with E-state index in [4.69, 9.17) is 9.47 Å². The van der Waals surface area contributed by atoms with Gasteiger partial charge in [0.2, 0.25) is 0 Å². The molecule has 5 rings (SSSR count). The first kappa shape index (κ1) is 24.8. The molecule has 0 bridgehead atoms. The molecule has 1 fully saturated rings. The summed E-state index contributed by atoms with van der Waals surface area (Å²) in [4.78, 5) is 2.58. The third kappa shape index (κ3) is 5.41. The van der Waals surface area contributed by atoms with E-state index in [9.17, 15) is 10.2 Å². The molecule has 0 amide bonds. The number of benzene rings is 2. The molecule has 1 aliphatic carbocycles. The quantitative estimate of drug-likeness (QED) is 0.410. The lowest BCUT2D eigenvalue weighted by Gasteiger charge is -2.47. The molecular weight excluding hydrogens is 450 g/mol. The van der Waals surface area contributed by atoms with Crippen molar-refractivity contribution in [1.29, 1.82) is 0 Å². The molecule has 192 valence electrons. The Morgan fingerprint density at radius 1 is 1.03 bits per heavy atom. The number of unbranched alkanes of at least 4 members (excludes halogenated alkanes) is 1. The van der Waals surface area contributed by atoms with E-state index in [1.807, 2.05) is 12.1 Å². The number of nitrogens with zero attached hydrogens (tertiary/aromatic N) is 1. The Morgan fingerprint density at radius 2 is 1.83 bits per heavy atom. The van der Waals surface area contributed by atoms with E-state index in [0.717, 1.165) is 36.5 Å². The second-order valence-corrected chi connectivity index (χ2v) is 10.8. The van der Waals surface area contributed by atoms with Crippen LogP contribution in [0.5, 0.6) is 17.2 Å². The van der Waals surface area contributed by atoms with E-state index in [1.165, 1.54) is 50.9 Å². The maximum Gasteiger partial charge on any atom is 0.126 e. The van der Waals surface area contributed by atoms with Crippen molar-refractivity contribution in [1.82, 2.24) is 4.90 Å². The Hall–Kier alpha value is -2.92. The number of phenolic OH excluding ortho intramolecular Hbond substituents is 1. The molecule has 3 aliphatic rings. The number of aromatic hydroxyl groups is 1. The van der Waals surface area contributed by atoms with Gasteiger partial charge in [0, 0.05) is 23.0 Å². The summed E-state index contributed by atoms with van der Waals surface area (Å²) in [7, 11) is 0. The number of hydrogen-bond acceptors (Lipinski definition) is 5. The van der Waals surface area contributed by atoms with E-state index in [-0.39, 0.29) is 23.0 Å². The SMILES string of the molecule is C[C@]1(C2C=CC(O)=CC2)COc2cc(O)ccc2[C@H]1c1ccc(OCCCCN2CCCCC2)cc1. The average molecular weight is 490 g/mol. The van der Waals surface area contributed by atoms with Crippen LogP contribution >= 0.6 is 0 Å². The number of phenols is 1. The highest BCUT2D eigenvalue weighted by molar-refractivity contribution is 5.50. The standard InChI is InChI=1S/C31H39NO4/c1-31(24-9-11-25(33)12-10-24)22-36-29-21-26(34)13-16-28(29)30(31)23-7-14-27(15-8-23)35-20-6-5-19-32-17-3-2-4-18-32/h7-9,11-16,21,24,30,33-34H,2-6,10,17-20,22H2,1H3/t24?,30-,31-/m1/s1. The number of aliphatic hydroxyl groups excluding tert-OH is 1. The first-order valence-electron chi connectivity index (χ1n) is 13.5. The summed E-state index contributed by atoms with van der Waals surface area (Å²) in [5.41, 5.74) is 2.08. The predicted molar refractivity (Wildman–Crippen MR) is 143 cm³/mol. The van der Waals surface area contributed by atoms with Gasteiger partial charge in [0.1, 0.15) is 23.0 Å². The second-order valence-electron chi connectivity index (χ2n) is 10.8. The minimum Gasteiger partial charge on any atom is -0.508 e. The van der Waals surface area contributed by atoms with Gasteiger partial charge < -0.3 is 24.6 Å². The highest BCUT2D eigenvalue weighted by atomic mass is 16.5. The minimum absolute atomic E-state index is 0.0868. The van der Waals surface area contributed by atoms with Crippen LogP contribution in [-0.2, 0) is 0 Å². The van der Waals surface area contributed by atoms with Crippen LogP contribution in [0.25, 0.3) is 0 Å². The van der Waals surface area contributed by atoms with E-state index in [2.05, 4.69) is 42.2 Å². The van der Waals surface area contributed by atoms with Crippen LogP contribution < -0.4 is 9.47 Å². The first-order valence-corrected chi connectivity index (χ1v) is 13.5. The molecule has 3 atom stereocenters. The number of aliphatic hydroxyl groups is 1. The monoisotopic (exact) mass is 489 g/mol. The Balaban J connectivity index is 1.28. The van der Waals surface area contributed by atoms with Crippen LogP contribution in [0.4, 0.5) is 0 Å².